The van der Waals surface area contributed by atoms with E-state index in [0.29, 0.717) is 11.6 Å². The van der Waals surface area contributed by atoms with Crippen LogP contribution in [0.25, 0.3) is 6.08 Å². The minimum Gasteiger partial charge on any atom is -0.468 e. The predicted octanol–water partition coefficient (Wildman–Crippen LogP) is 2.05. The van der Waals surface area contributed by atoms with Crippen LogP contribution in [0.4, 0.5) is 0 Å². The zero-order chi connectivity index (χ0) is 21.4. The number of carbonyl (C=O) groups is 3. The van der Waals surface area contributed by atoms with Gasteiger partial charge in [0.15, 0.2) is 6.61 Å². The summed E-state index contributed by atoms with van der Waals surface area (Å²) in [5.41, 5.74) is 3.33. The molecule has 2 rings (SSSR count). The van der Waals surface area contributed by atoms with Gasteiger partial charge in [-0.2, -0.15) is 5.10 Å². The second-order valence-corrected chi connectivity index (χ2v) is 6.53. The van der Waals surface area contributed by atoms with Crippen molar-refractivity contribution in [2.75, 3.05) is 20.3 Å². The van der Waals surface area contributed by atoms with E-state index in [9.17, 15) is 14.4 Å². The van der Waals surface area contributed by atoms with Gasteiger partial charge in [-0.1, -0.05) is 29.8 Å². The highest BCUT2D eigenvalue weighted by Gasteiger charge is 2.12. The van der Waals surface area contributed by atoms with Gasteiger partial charge in [0.2, 0.25) is 0 Å². The number of aryl methyl sites for hydroxylation is 1. The van der Waals surface area contributed by atoms with Crippen molar-refractivity contribution in [3.8, 4) is 0 Å². The standard InChI is InChI=1S/C20H22ClN3O5/c1-13-16(8-9-19(26)29-12-18(25)22-10-20(27)28-3)14(2)24(23-13)11-15-6-4-5-7-17(15)21/h4-9H,10-12H2,1-3H3,(H,22,25)/b9-8+. The summed E-state index contributed by atoms with van der Waals surface area (Å²) in [6, 6.07) is 7.52. The van der Waals surface area contributed by atoms with E-state index < -0.39 is 24.5 Å². The van der Waals surface area contributed by atoms with Gasteiger partial charge in [-0.25, -0.2) is 4.79 Å². The van der Waals surface area contributed by atoms with Crippen molar-refractivity contribution in [3.05, 3.63) is 57.9 Å². The molecule has 8 nitrogen and oxygen atoms in total. The average Bonchev–Trinajstić information content (AvgIpc) is 2.97. The van der Waals surface area contributed by atoms with Crippen LogP contribution in [0.1, 0.15) is 22.5 Å². The molecule has 0 spiro atoms. The van der Waals surface area contributed by atoms with E-state index in [1.807, 2.05) is 42.8 Å². The van der Waals surface area contributed by atoms with Gasteiger partial charge in [0.05, 0.1) is 19.3 Å². The van der Waals surface area contributed by atoms with Crippen LogP contribution in [0.3, 0.4) is 0 Å². The van der Waals surface area contributed by atoms with E-state index in [1.54, 1.807) is 6.08 Å². The number of aromatic nitrogens is 2. The number of hydrogen-bond donors (Lipinski definition) is 1. The number of methoxy groups -OCH3 is 1. The molecule has 0 aliphatic rings. The Morgan fingerprint density at radius 3 is 2.66 bits per heavy atom. The van der Waals surface area contributed by atoms with Crippen LogP contribution in [0.2, 0.25) is 5.02 Å². The number of esters is 2. The summed E-state index contributed by atoms with van der Waals surface area (Å²) in [7, 11) is 1.21. The SMILES string of the molecule is COC(=O)CNC(=O)COC(=O)/C=C/c1c(C)nn(Cc2ccccc2Cl)c1C. The summed E-state index contributed by atoms with van der Waals surface area (Å²) >= 11 is 6.21. The van der Waals surface area contributed by atoms with Crippen molar-refractivity contribution in [2.24, 2.45) is 0 Å². The molecule has 0 saturated heterocycles. The third-order valence-electron chi connectivity index (χ3n) is 4.10. The lowest BCUT2D eigenvalue weighted by Gasteiger charge is -2.06. The molecule has 9 heteroatoms. The number of nitrogens with one attached hydrogen (secondary N) is 1. The molecule has 2 aromatic rings. The maximum atomic E-state index is 11.9. The quantitative estimate of drug-likeness (QED) is 0.519. The van der Waals surface area contributed by atoms with Crippen LogP contribution < -0.4 is 5.32 Å². The first-order valence-corrected chi connectivity index (χ1v) is 9.15. The first-order chi connectivity index (χ1) is 13.8. The van der Waals surface area contributed by atoms with Gasteiger partial charge in [-0.3, -0.25) is 14.3 Å². The van der Waals surface area contributed by atoms with Crippen LogP contribution in [0.15, 0.2) is 30.3 Å². The van der Waals surface area contributed by atoms with E-state index >= 15 is 0 Å². The fraction of sp³-hybridized carbons (Fsp3) is 0.300. The molecular weight excluding hydrogens is 398 g/mol. The average molecular weight is 420 g/mol. The van der Waals surface area contributed by atoms with Gasteiger partial charge >= 0.3 is 11.9 Å². The van der Waals surface area contributed by atoms with Crippen molar-refractivity contribution in [1.29, 1.82) is 0 Å². The first-order valence-electron chi connectivity index (χ1n) is 8.77. The number of ether oxygens (including phenoxy) is 2. The Balaban J connectivity index is 1.95. The van der Waals surface area contributed by atoms with Crippen molar-refractivity contribution in [1.82, 2.24) is 15.1 Å². The first kappa shape index (κ1) is 22.2. The number of amides is 1. The van der Waals surface area contributed by atoms with Gasteiger partial charge < -0.3 is 14.8 Å². The normalized spacial score (nSPS) is 10.8. The Hall–Kier alpha value is -3.13. The molecule has 0 aliphatic carbocycles. The van der Waals surface area contributed by atoms with Crippen molar-refractivity contribution in [2.45, 2.75) is 20.4 Å². The zero-order valence-electron chi connectivity index (χ0n) is 16.4. The third kappa shape index (κ3) is 6.46. The lowest BCUT2D eigenvalue weighted by atomic mass is 10.1. The smallest absolute Gasteiger partial charge is 0.331 e. The molecule has 0 unspecified atom stereocenters. The fourth-order valence-corrected chi connectivity index (χ4v) is 2.72. The summed E-state index contributed by atoms with van der Waals surface area (Å²) in [6.07, 6.45) is 2.82. The number of rotatable bonds is 8. The zero-order valence-corrected chi connectivity index (χ0v) is 17.2. The van der Waals surface area contributed by atoms with Crippen LogP contribution in [-0.2, 0) is 30.4 Å². The van der Waals surface area contributed by atoms with Crippen LogP contribution in [0.5, 0.6) is 0 Å². The molecule has 0 fully saturated rings. The lowest BCUT2D eigenvalue weighted by molar-refractivity contribution is -0.145. The molecule has 1 heterocycles. The second-order valence-electron chi connectivity index (χ2n) is 6.13. The molecule has 29 heavy (non-hydrogen) atoms. The summed E-state index contributed by atoms with van der Waals surface area (Å²) in [5.74, 6) is -1.88. The molecule has 1 aromatic carbocycles. The number of benzene rings is 1. The molecule has 0 atom stereocenters. The number of nitrogens with zero attached hydrogens (tertiary/aromatic N) is 2. The van der Waals surface area contributed by atoms with Crippen LogP contribution >= 0.6 is 11.6 Å². The molecule has 0 aliphatic heterocycles. The topological polar surface area (TPSA) is 99.5 Å². The Morgan fingerprint density at radius 1 is 1.24 bits per heavy atom. The largest absolute Gasteiger partial charge is 0.468 e. The van der Waals surface area contributed by atoms with E-state index in [-0.39, 0.29) is 6.54 Å². The van der Waals surface area contributed by atoms with Gasteiger partial charge in [-0.15, -0.1) is 0 Å². The lowest BCUT2D eigenvalue weighted by Crippen LogP contribution is -2.33. The van der Waals surface area contributed by atoms with Crippen LogP contribution in [0, 0.1) is 13.8 Å². The van der Waals surface area contributed by atoms with Gasteiger partial charge in [0, 0.05) is 22.4 Å². The Morgan fingerprint density at radius 2 is 1.97 bits per heavy atom. The third-order valence-corrected chi connectivity index (χ3v) is 4.47. The Bertz CT molecular complexity index is 936. The minimum atomic E-state index is -0.684. The van der Waals surface area contributed by atoms with Gasteiger partial charge in [-0.05, 0) is 31.6 Å². The molecule has 1 amide bonds. The number of halogens is 1. The van der Waals surface area contributed by atoms with E-state index in [1.165, 1.54) is 13.2 Å². The highest BCUT2D eigenvalue weighted by molar-refractivity contribution is 6.31. The predicted molar refractivity (Wildman–Crippen MR) is 107 cm³/mol. The molecule has 1 aromatic heterocycles. The maximum absolute atomic E-state index is 11.9. The highest BCUT2D eigenvalue weighted by Crippen LogP contribution is 2.20. The Labute approximate surface area is 173 Å². The summed E-state index contributed by atoms with van der Waals surface area (Å²) in [6.45, 7) is 3.45. The number of carbonyl (C=O) groups excluding carboxylic acids is 3. The monoisotopic (exact) mass is 419 g/mol. The van der Waals surface area contributed by atoms with Crippen molar-refractivity contribution < 1.29 is 23.9 Å². The second kappa shape index (κ2) is 10.4. The molecule has 0 radical (unpaired) electrons. The summed E-state index contributed by atoms with van der Waals surface area (Å²) in [4.78, 5) is 34.3. The van der Waals surface area contributed by atoms with E-state index in [0.717, 1.165) is 22.5 Å². The minimum absolute atomic E-state index is 0.286. The fourth-order valence-electron chi connectivity index (χ4n) is 2.52. The summed E-state index contributed by atoms with van der Waals surface area (Å²) in [5, 5.41) is 7.43. The van der Waals surface area contributed by atoms with Gasteiger partial charge in [0.25, 0.3) is 5.91 Å². The molecule has 0 bridgehead atoms. The maximum Gasteiger partial charge on any atom is 0.331 e. The summed E-state index contributed by atoms with van der Waals surface area (Å²) < 4.78 is 11.1. The van der Waals surface area contributed by atoms with E-state index in [4.69, 9.17) is 16.3 Å². The molecule has 0 saturated carbocycles. The van der Waals surface area contributed by atoms with E-state index in [2.05, 4.69) is 15.2 Å². The highest BCUT2D eigenvalue weighted by atomic mass is 35.5. The van der Waals surface area contributed by atoms with Gasteiger partial charge in [0.1, 0.15) is 6.54 Å². The number of hydrogen-bond acceptors (Lipinski definition) is 6. The molecule has 154 valence electrons. The van der Waals surface area contributed by atoms with Crippen molar-refractivity contribution >= 4 is 35.5 Å². The molecular formula is C20H22ClN3O5. The molecule has 1 N–H and O–H groups in total. The van der Waals surface area contributed by atoms with Crippen molar-refractivity contribution in [3.63, 3.8) is 0 Å². The van der Waals surface area contributed by atoms with Crippen LogP contribution in [-0.4, -0.2) is 47.9 Å². The Kier molecular flexibility index (Phi) is 7.97.